The number of ether oxygens (including phenoxy) is 1. The fraction of sp³-hybridized carbons (Fsp3) is 0.500. The summed E-state index contributed by atoms with van der Waals surface area (Å²) in [6, 6.07) is 0. The highest BCUT2D eigenvalue weighted by Crippen LogP contribution is 2.26. The first-order chi connectivity index (χ1) is 5.95. The summed E-state index contributed by atoms with van der Waals surface area (Å²) in [5.41, 5.74) is 0.131. The van der Waals surface area contributed by atoms with Crippen LogP contribution >= 0.6 is 11.6 Å². The van der Waals surface area contributed by atoms with Crippen molar-refractivity contribution in [2.75, 3.05) is 7.11 Å². The van der Waals surface area contributed by atoms with E-state index in [4.69, 9.17) is 16.0 Å². The first-order valence-electron chi connectivity index (χ1n) is 3.68. The minimum atomic E-state index is -0.716. The number of rotatable bonds is 2. The first kappa shape index (κ1) is 10.1. The van der Waals surface area contributed by atoms with Crippen LogP contribution in [0.3, 0.4) is 0 Å². The molecule has 0 radical (unpaired) electrons. The second-order valence-electron chi connectivity index (χ2n) is 3.00. The highest BCUT2D eigenvalue weighted by Gasteiger charge is 2.24. The predicted octanol–water partition coefficient (Wildman–Crippen LogP) is 1.94. The summed E-state index contributed by atoms with van der Waals surface area (Å²) in [6.45, 7) is 3.45. The fourth-order valence-corrected chi connectivity index (χ4v) is 0.832. The second-order valence-corrected chi connectivity index (χ2v) is 3.95. The molecule has 0 aliphatic heterocycles. The zero-order chi connectivity index (χ0) is 10.1. The number of halogens is 1. The molecule has 1 rings (SSSR count). The lowest BCUT2D eigenvalue weighted by molar-refractivity contribution is 0.0594. The van der Waals surface area contributed by atoms with Gasteiger partial charge in [0.2, 0.25) is 5.89 Å². The summed E-state index contributed by atoms with van der Waals surface area (Å²) < 4.78 is 9.47. The van der Waals surface area contributed by atoms with Crippen molar-refractivity contribution >= 4 is 17.6 Å². The van der Waals surface area contributed by atoms with Crippen molar-refractivity contribution in [3.63, 3.8) is 0 Å². The summed E-state index contributed by atoms with van der Waals surface area (Å²) in [5.74, 6) is -0.231. The van der Waals surface area contributed by atoms with Gasteiger partial charge in [0.05, 0.1) is 7.11 Å². The number of aromatic nitrogens is 1. The minimum Gasteiger partial charge on any atom is -0.464 e. The van der Waals surface area contributed by atoms with E-state index in [9.17, 15) is 4.79 Å². The maximum Gasteiger partial charge on any atom is 0.360 e. The van der Waals surface area contributed by atoms with E-state index in [1.165, 1.54) is 13.4 Å². The number of carbonyl (C=O) groups excluding carboxylic acids is 1. The minimum absolute atomic E-state index is 0.131. The summed E-state index contributed by atoms with van der Waals surface area (Å²) >= 11 is 5.91. The van der Waals surface area contributed by atoms with Crippen molar-refractivity contribution in [2.24, 2.45) is 0 Å². The molecule has 13 heavy (non-hydrogen) atoms. The quantitative estimate of drug-likeness (QED) is 0.545. The Morgan fingerprint density at radius 3 is 2.69 bits per heavy atom. The Bertz CT molecular complexity index is 313. The number of carbonyl (C=O) groups is 1. The standard InChI is InChI=1S/C8H10ClNO3/c1-8(2,9)7-10-5(4-13-7)6(11)12-3/h4H,1-3H3. The fourth-order valence-electron chi connectivity index (χ4n) is 0.745. The molecule has 0 N–H and O–H groups in total. The van der Waals surface area contributed by atoms with E-state index >= 15 is 0 Å². The molecule has 0 saturated heterocycles. The van der Waals surface area contributed by atoms with Gasteiger partial charge in [-0.2, -0.15) is 0 Å². The molecule has 1 aromatic rings. The van der Waals surface area contributed by atoms with Crippen LogP contribution in [0.1, 0.15) is 30.2 Å². The van der Waals surface area contributed by atoms with Crippen LogP contribution in [0, 0.1) is 0 Å². The highest BCUT2D eigenvalue weighted by molar-refractivity contribution is 6.23. The number of nitrogens with zero attached hydrogens (tertiary/aromatic N) is 1. The molecule has 1 aromatic heterocycles. The molecule has 0 fully saturated rings. The molecule has 4 nitrogen and oxygen atoms in total. The van der Waals surface area contributed by atoms with E-state index in [0.29, 0.717) is 5.89 Å². The van der Waals surface area contributed by atoms with Crippen LogP contribution in [0.5, 0.6) is 0 Å². The Kier molecular flexibility index (Phi) is 2.61. The summed E-state index contributed by atoms with van der Waals surface area (Å²) in [6.07, 6.45) is 1.23. The molecule has 0 unspecified atom stereocenters. The zero-order valence-corrected chi connectivity index (χ0v) is 8.38. The third-order valence-corrected chi connectivity index (χ3v) is 1.57. The number of hydrogen-bond donors (Lipinski definition) is 0. The van der Waals surface area contributed by atoms with Crippen LogP contribution < -0.4 is 0 Å². The molecular formula is C8H10ClNO3. The monoisotopic (exact) mass is 203 g/mol. The number of alkyl halides is 1. The second kappa shape index (κ2) is 3.38. The smallest absolute Gasteiger partial charge is 0.360 e. The van der Waals surface area contributed by atoms with Gasteiger partial charge in [0, 0.05) is 0 Å². The van der Waals surface area contributed by atoms with E-state index in [1.807, 2.05) is 0 Å². The highest BCUT2D eigenvalue weighted by atomic mass is 35.5. The van der Waals surface area contributed by atoms with Gasteiger partial charge in [-0.3, -0.25) is 0 Å². The SMILES string of the molecule is COC(=O)c1coc(C(C)(C)Cl)n1. The van der Waals surface area contributed by atoms with Gasteiger partial charge in [0.15, 0.2) is 5.69 Å². The topological polar surface area (TPSA) is 52.3 Å². The Morgan fingerprint density at radius 1 is 1.69 bits per heavy atom. The molecule has 5 heteroatoms. The van der Waals surface area contributed by atoms with E-state index in [-0.39, 0.29) is 5.69 Å². The Balaban J connectivity index is 2.93. The van der Waals surface area contributed by atoms with Gasteiger partial charge in [-0.05, 0) is 13.8 Å². The summed E-state index contributed by atoms with van der Waals surface area (Å²) in [5, 5.41) is 0. The summed E-state index contributed by atoms with van der Waals surface area (Å²) in [4.78, 5) is 14.1. The Morgan fingerprint density at radius 2 is 2.31 bits per heavy atom. The molecule has 0 aliphatic carbocycles. The van der Waals surface area contributed by atoms with Gasteiger partial charge >= 0.3 is 5.97 Å². The van der Waals surface area contributed by atoms with Crippen LogP contribution in [0.25, 0.3) is 0 Å². The lowest BCUT2D eigenvalue weighted by Gasteiger charge is -2.08. The van der Waals surface area contributed by atoms with Crippen LogP contribution in [0.2, 0.25) is 0 Å². The van der Waals surface area contributed by atoms with E-state index < -0.39 is 10.8 Å². The van der Waals surface area contributed by atoms with E-state index in [0.717, 1.165) is 0 Å². The van der Waals surface area contributed by atoms with Crippen LogP contribution in [-0.4, -0.2) is 18.1 Å². The van der Waals surface area contributed by atoms with Crippen molar-refractivity contribution in [1.29, 1.82) is 0 Å². The molecule has 0 spiro atoms. The normalized spacial score (nSPS) is 11.4. The van der Waals surface area contributed by atoms with Crippen LogP contribution in [0.15, 0.2) is 10.7 Å². The van der Waals surface area contributed by atoms with Crippen molar-refractivity contribution in [3.05, 3.63) is 17.8 Å². The maximum atomic E-state index is 11.0. The predicted molar refractivity (Wildman–Crippen MR) is 46.7 cm³/mol. The van der Waals surface area contributed by atoms with Gasteiger partial charge in [0.1, 0.15) is 11.1 Å². The Hall–Kier alpha value is -1.03. The molecule has 0 atom stereocenters. The van der Waals surface area contributed by atoms with Crippen molar-refractivity contribution in [2.45, 2.75) is 18.7 Å². The Labute approximate surface area is 80.8 Å². The lowest BCUT2D eigenvalue weighted by Crippen LogP contribution is -2.09. The van der Waals surface area contributed by atoms with Crippen LogP contribution in [-0.2, 0) is 9.61 Å². The molecule has 0 aromatic carbocycles. The lowest BCUT2D eigenvalue weighted by atomic mass is 10.2. The molecule has 0 amide bonds. The van der Waals surface area contributed by atoms with Crippen LogP contribution in [0.4, 0.5) is 0 Å². The first-order valence-corrected chi connectivity index (χ1v) is 4.06. The average Bonchev–Trinajstić information content (AvgIpc) is 2.50. The molecule has 0 bridgehead atoms. The molecule has 0 aliphatic rings. The van der Waals surface area contributed by atoms with Crippen molar-refractivity contribution in [3.8, 4) is 0 Å². The summed E-state index contributed by atoms with van der Waals surface area (Å²) in [7, 11) is 1.28. The molecule has 1 heterocycles. The average molecular weight is 204 g/mol. The largest absolute Gasteiger partial charge is 0.464 e. The van der Waals surface area contributed by atoms with Gasteiger partial charge < -0.3 is 9.15 Å². The van der Waals surface area contributed by atoms with E-state index in [1.54, 1.807) is 13.8 Å². The number of oxazole rings is 1. The molecule has 72 valence electrons. The number of hydrogen-bond acceptors (Lipinski definition) is 4. The van der Waals surface area contributed by atoms with Gasteiger partial charge in [0.25, 0.3) is 0 Å². The van der Waals surface area contributed by atoms with Crippen molar-refractivity contribution < 1.29 is 13.9 Å². The van der Waals surface area contributed by atoms with Gasteiger partial charge in [-0.1, -0.05) is 0 Å². The maximum absolute atomic E-state index is 11.0. The third kappa shape index (κ3) is 2.21. The number of esters is 1. The molecular weight excluding hydrogens is 194 g/mol. The third-order valence-electron chi connectivity index (χ3n) is 1.41. The van der Waals surface area contributed by atoms with E-state index in [2.05, 4.69) is 9.72 Å². The van der Waals surface area contributed by atoms with Gasteiger partial charge in [-0.15, -0.1) is 11.6 Å². The number of methoxy groups -OCH3 is 1. The van der Waals surface area contributed by atoms with Crippen molar-refractivity contribution in [1.82, 2.24) is 4.98 Å². The zero-order valence-electron chi connectivity index (χ0n) is 7.63. The molecule has 0 saturated carbocycles. The van der Waals surface area contributed by atoms with Gasteiger partial charge in [-0.25, -0.2) is 9.78 Å².